The molecule has 29 heavy (non-hydrogen) atoms. The summed E-state index contributed by atoms with van der Waals surface area (Å²) in [4.78, 5) is 4.99. The van der Waals surface area contributed by atoms with E-state index in [9.17, 15) is 5.11 Å². The molecule has 1 aromatic heterocycles. The van der Waals surface area contributed by atoms with Gasteiger partial charge in [-0.25, -0.2) is 9.67 Å². The van der Waals surface area contributed by atoms with Crippen molar-refractivity contribution in [2.75, 3.05) is 7.11 Å². The third kappa shape index (κ3) is 3.91. The minimum atomic E-state index is -0.182. The first-order chi connectivity index (χ1) is 13.9. The maximum atomic E-state index is 9.57. The Bertz CT molecular complexity index is 852. The van der Waals surface area contributed by atoms with Crippen molar-refractivity contribution in [1.29, 1.82) is 0 Å². The Morgan fingerprint density at radius 1 is 1.21 bits per heavy atom. The van der Waals surface area contributed by atoms with Crippen molar-refractivity contribution in [3.63, 3.8) is 0 Å². The van der Waals surface area contributed by atoms with Crippen LogP contribution >= 0.6 is 11.6 Å². The van der Waals surface area contributed by atoms with Crippen LogP contribution < -0.4 is 4.74 Å². The predicted octanol–water partition coefficient (Wildman–Crippen LogP) is 5.29. The van der Waals surface area contributed by atoms with E-state index < -0.39 is 0 Å². The van der Waals surface area contributed by atoms with Crippen LogP contribution in [-0.4, -0.2) is 33.1 Å². The number of ether oxygens (including phenoxy) is 1. The van der Waals surface area contributed by atoms with E-state index in [0.717, 1.165) is 35.8 Å². The Labute approximate surface area is 178 Å². The van der Waals surface area contributed by atoms with Crippen LogP contribution in [0.1, 0.15) is 70.5 Å². The summed E-state index contributed by atoms with van der Waals surface area (Å²) >= 11 is 6.50. The van der Waals surface area contributed by atoms with Gasteiger partial charge in [-0.1, -0.05) is 18.0 Å². The zero-order valence-corrected chi connectivity index (χ0v) is 18.5. The van der Waals surface area contributed by atoms with Crippen LogP contribution in [0.5, 0.6) is 5.75 Å². The lowest BCUT2D eigenvalue weighted by Gasteiger charge is -2.52. The molecule has 1 N–H and O–H groups in total. The lowest BCUT2D eigenvalue weighted by molar-refractivity contribution is 0.0238. The molecule has 0 radical (unpaired) electrons. The molecule has 1 unspecified atom stereocenters. The topological polar surface area (TPSA) is 60.2 Å². The number of aliphatic hydroxyl groups is 1. The van der Waals surface area contributed by atoms with Crippen LogP contribution in [-0.2, 0) is 12.5 Å². The van der Waals surface area contributed by atoms with E-state index in [1.54, 1.807) is 7.11 Å². The van der Waals surface area contributed by atoms with Crippen LogP contribution in [0.2, 0.25) is 5.02 Å². The summed E-state index contributed by atoms with van der Waals surface area (Å²) < 4.78 is 7.14. The van der Waals surface area contributed by atoms with E-state index in [1.165, 1.54) is 44.9 Å². The van der Waals surface area contributed by atoms with E-state index in [1.807, 2.05) is 36.9 Å². The molecule has 2 bridgehead atoms. The second kappa shape index (κ2) is 7.92. The Balaban J connectivity index is 1.52. The molecule has 5 rings (SSSR count). The first-order valence-corrected chi connectivity index (χ1v) is 11.2. The van der Waals surface area contributed by atoms with Crippen LogP contribution in [0.25, 0.3) is 11.4 Å². The molecule has 0 spiro atoms. The molecule has 1 aromatic carbocycles. The summed E-state index contributed by atoms with van der Waals surface area (Å²) in [6.07, 6.45) is 10.4. The van der Waals surface area contributed by atoms with Gasteiger partial charge in [-0.15, -0.1) is 0 Å². The summed E-state index contributed by atoms with van der Waals surface area (Å²) in [6, 6.07) is 5.70. The molecule has 1 atom stereocenters. The van der Waals surface area contributed by atoms with Gasteiger partial charge in [-0.3, -0.25) is 0 Å². The molecule has 0 aliphatic heterocycles. The number of benzene rings is 1. The predicted molar refractivity (Wildman–Crippen MR) is 115 cm³/mol. The number of nitrogens with zero attached hydrogens (tertiary/aromatic N) is 3. The van der Waals surface area contributed by atoms with E-state index in [4.69, 9.17) is 26.4 Å². The fraction of sp³-hybridized carbons (Fsp3) is 0.652. The molecular formula is C23H32ClN3O2. The first-order valence-electron chi connectivity index (χ1n) is 10.8. The van der Waals surface area contributed by atoms with Crippen molar-refractivity contribution in [2.45, 2.75) is 76.2 Å². The molecule has 3 fully saturated rings. The van der Waals surface area contributed by atoms with E-state index in [0.29, 0.717) is 10.4 Å². The van der Waals surface area contributed by atoms with Gasteiger partial charge in [-0.05, 0) is 81.9 Å². The fourth-order valence-corrected chi connectivity index (χ4v) is 5.65. The average molecular weight is 418 g/mol. The molecule has 2 aromatic rings. The SMILES string of the molecule is COc1ccc(-c2nc(C34CCC(CCCC(C)O)(CC3)CC4)nn2C)c(Cl)c1. The van der Waals surface area contributed by atoms with Crippen LogP contribution in [0, 0.1) is 5.41 Å². The van der Waals surface area contributed by atoms with Crippen molar-refractivity contribution >= 4 is 11.6 Å². The van der Waals surface area contributed by atoms with E-state index >= 15 is 0 Å². The Morgan fingerprint density at radius 2 is 1.90 bits per heavy atom. The maximum Gasteiger partial charge on any atom is 0.159 e. The summed E-state index contributed by atoms with van der Waals surface area (Å²) in [5.41, 5.74) is 1.48. The van der Waals surface area contributed by atoms with Gasteiger partial charge in [0.1, 0.15) is 5.75 Å². The third-order valence-corrected chi connectivity index (χ3v) is 7.70. The molecule has 5 nitrogen and oxygen atoms in total. The van der Waals surface area contributed by atoms with Gasteiger partial charge < -0.3 is 9.84 Å². The molecule has 3 saturated carbocycles. The number of halogens is 1. The number of aryl methyl sites for hydroxylation is 1. The Kier molecular flexibility index (Phi) is 5.64. The molecule has 3 aliphatic carbocycles. The lowest BCUT2D eigenvalue weighted by atomic mass is 9.52. The molecular weight excluding hydrogens is 386 g/mol. The molecule has 3 aliphatic rings. The van der Waals surface area contributed by atoms with Crippen LogP contribution in [0.4, 0.5) is 0 Å². The number of rotatable bonds is 7. The van der Waals surface area contributed by atoms with Crippen LogP contribution in [0.15, 0.2) is 18.2 Å². The molecule has 1 heterocycles. The highest BCUT2D eigenvalue weighted by Gasteiger charge is 2.50. The number of aromatic nitrogens is 3. The van der Waals surface area contributed by atoms with Gasteiger partial charge in [0.2, 0.25) is 0 Å². The second-order valence-electron chi connectivity index (χ2n) is 9.25. The van der Waals surface area contributed by atoms with Crippen molar-refractivity contribution < 1.29 is 9.84 Å². The summed E-state index contributed by atoms with van der Waals surface area (Å²) in [7, 11) is 3.59. The number of methoxy groups -OCH3 is 1. The lowest BCUT2D eigenvalue weighted by Crippen LogP contribution is -2.44. The number of fused-ring (bicyclic) bond motifs is 3. The third-order valence-electron chi connectivity index (χ3n) is 7.39. The van der Waals surface area contributed by atoms with Crippen LogP contribution in [0.3, 0.4) is 0 Å². The van der Waals surface area contributed by atoms with E-state index in [2.05, 4.69) is 0 Å². The number of aliphatic hydroxyl groups excluding tert-OH is 1. The Morgan fingerprint density at radius 3 is 2.48 bits per heavy atom. The first kappa shape index (κ1) is 20.7. The quantitative estimate of drug-likeness (QED) is 0.665. The normalized spacial score (nSPS) is 27.2. The standard InChI is InChI=1S/C23H32ClN3O2/c1-16(28)5-4-8-22-9-12-23(13-10-22,14-11-22)21-25-20(27(2)26-21)18-7-6-17(29-3)15-19(18)24/h6-7,15-16,28H,4-5,8-14H2,1-3H3. The van der Waals surface area contributed by atoms with Crippen molar-refractivity contribution in [3.8, 4) is 17.1 Å². The highest BCUT2D eigenvalue weighted by Crippen LogP contribution is 2.59. The monoisotopic (exact) mass is 417 g/mol. The number of hydrogen-bond donors (Lipinski definition) is 1. The average Bonchev–Trinajstić information content (AvgIpc) is 3.11. The maximum absolute atomic E-state index is 9.57. The highest BCUT2D eigenvalue weighted by molar-refractivity contribution is 6.33. The van der Waals surface area contributed by atoms with Gasteiger partial charge in [0.25, 0.3) is 0 Å². The van der Waals surface area contributed by atoms with Gasteiger partial charge in [-0.2, -0.15) is 5.10 Å². The highest BCUT2D eigenvalue weighted by atomic mass is 35.5. The van der Waals surface area contributed by atoms with Gasteiger partial charge in [0, 0.05) is 18.0 Å². The summed E-state index contributed by atoms with van der Waals surface area (Å²) in [5.74, 6) is 2.55. The molecule has 158 valence electrons. The minimum Gasteiger partial charge on any atom is -0.497 e. The molecule has 0 amide bonds. The Hall–Kier alpha value is -1.59. The minimum absolute atomic E-state index is 0.112. The zero-order valence-electron chi connectivity index (χ0n) is 17.7. The van der Waals surface area contributed by atoms with E-state index in [-0.39, 0.29) is 11.5 Å². The second-order valence-corrected chi connectivity index (χ2v) is 9.66. The summed E-state index contributed by atoms with van der Waals surface area (Å²) in [5, 5.41) is 15.1. The zero-order chi connectivity index (χ0) is 20.6. The molecule has 0 saturated heterocycles. The van der Waals surface area contributed by atoms with Gasteiger partial charge in [0.05, 0.1) is 18.2 Å². The van der Waals surface area contributed by atoms with Gasteiger partial charge >= 0.3 is 0 Å². The summed E-state index contributed by atoms with van der Waals surface area (Å²) in [6.45, 7) is 1.89. The molecule has 6 heteroatoms. The van der Waals surface area contributed by atoms with Gasteiger partial charge in [0.15, 0.2) is 11.6 Å². The number of hydrogen-bond acceptors (Lipinski definition) is 4. The fourth-order valence-electron chi connectivity index (χ4n) is 5.39. The largest absolute Gasteiger partial charge is 0.497 e. The smallest absolute Gasteiger partial charge is 0.159 e. The van der Waals surface area contributed by atoms with Crippen molar-refractivity contribution in [3.05, 3.63) is 29.0 Å². The van der Waals surface area contributed by atoms with Crippen molar-refractivity contribution in [1.82, 2.24) is 14.8 Å². The van der Waals surface area contributed by atoms with Crippen molar-refractivity contribution in [2.24, 2.45) is 12.5 Å².